The number of methoxy groups -OCH3 is 1. The average molecular weight is 207 g/mol. The van der Waals surface area contributed by atoms with Gasteiger partial charge in [0.25, 0.3) is 0 Å². The van der Waals surface area contributed by atoms with Crippen molar-refractivity contribution in [1.29, 1.82) is 0 Å². The molecule has 0 bridgehead atoms. The molecule has 0 aromatic heterocycles. The van der Waals surface area contributed by atoms with Crippen LogP contribution >= 0.6 is 0 Å². The second-order valence-electron chi connectivity index (χ2n) is 4.20. The molecule has 1 aromatic carbocycles. The Morgan fingerprint density at radius 2 is 1.87 bits per heavy atom. The van der Waals surface area contributed by atoms with Crippen molar-refractivity contribution in [3.63, 3.8) is 0 Å². The molecule has 0 radical (unpaired) electrons. The van der Waals surface area contributed by atoms with E-state index in [9.17, 15) is 0 Å². The molecule has 0 heterocycles. The maximum Gasteiger partial charge on any atom is 0.124 e. The van der Waals surface area contributed by atoms with E-state index >= 15 is 0 Å². The Hall–Kier alpha value is -1.02. The van der Waals surface area contributed by atoms with E-state index in [1.165, 1.54) is 22.3 Å². The lowest BCUT2D eigenvalue weighted by Gasteiger charge is -2.19. The van der Waals surface area contributed by atoms with Crippen LogP contribution in [0.1, 0.15) is 35.1 Å². The van der Waals surface area contributed by atoms with Crippen LogP contribution in [0.15, 0.2) is 6.07 Å². The van der Waals surface area contributed by atoms with E-state index in [1.807, 2.05) is 0 Å². The van der Waals surface area contributed by atoms with Gasteiger partial charge < -0.3 is 10.5 Å². The first-order chi connectivity index (χ1) is 7.02. The Bertz CT molecular complexity index is 358. The minimum absolute atomic E-state index is 0.410. The minimum Gasteiger partial charge on any atom is -0.496 e. The van der Waals surface area contributed by atoms with Gasteiger partial charge in [0.2, 0.25) is 0 Å². The summed E-state index contributed by atoms with van der Waals surface area (Å²) in [6.45, 7) is 9.17. The maximum absolute atomic E-state index is 5.71. The second kappa shape index (κ2) is 4.67. The molecule has 0 aliphatic carbocycles. The molecule has 0 saturated carbocycles. The van der Waals surface area contributed by atoms with E-state index in [1.54, 1.807) is 7.11 Å². The number of rotatable bonds is 3. The molecule has 2 N–H and O–H groups in total. The third-order valence-electron chi connectivity index (χ3n) is 3.15. The van der Waals surface area contributed by atoms with Crippen LogP contribution in [0.2, 0.25) is 0 Å². The quantitative estimate of drug-likeness (QED) is 0.827. The molecular formula is C13H21NO. The maximum atomic E-state index is 5.71. The SMILES string of the molecule is COc1c(C)cc(C(C)CN)c(C)c1C. The summed E-state index contributed by atoms with van der Waals surface area (Å²) >= 11 is 0. The fourth-order valence-electron chi connectivity index (χ4n) is 2.04. The summed E-state index contributed by atoms with van der Waals surface area (Å²) in [6, 6.07) is 2.19. The molecule has 2 heteroatoms. The third kappa shape index (κ3) is 2.15. The number of nitrogens with two attached hydrogens (primary N) is 1. The molecular weight excluding hydrogens is 186 g/mol. The smallest absolute Gasteiger partial charge is 0.124 e. The molecule has 2 nitrogen and oxygen atoms in total. The van der Waals surface area contributed by atoms with Crippen molar-refractivity contribution in [2.75, 3.05) is 13.7 Å². The topological polar surface area (TPSA) is 35.2 Å². The van der Waals surface area contributed by atoms with E-state index in [0.29, 0.717) is 12.5 Å². The summed E-state index contributed by atoms with van der Waals surface area (Å²) in [6.07, 6.45) is 0. The average Bonchev–Trinajstić information content (AvgIpc) is 2.23. The number of aryl methyl sites for hydroxylation is 1. The zero-order chi connectivity index (χ0) is 11.6. The minimum atomic E-state index is 0.410. The molecule has 0 aliphatic heterocycles. The van der Waals surface area contributed by atoms with Gasteiger partial charge in [0, 0.05) is 0 Å². The van der Waals surface area contributed by atoms with Gasteiger partial charge in [-0.15, -0.1) is 0 Å². The second-order valence-corrected chi connectivity index (χ2v) is 4.20. The predicted octanol–water partition coefficient (Wildman–Crippen LogP) is 2.68. The van der Waals surface area contributed by atoms with Crippen molar-refractivity contribution in [3.8, 4) is 5.75 Å². The summed E-state index contributed by atoms with van der Waals surface area (Å²) in [4.78, 5) is 0. The Balaban J connectivity index is 3.33. The van der Waals surface area contributed by atoms with Crippen molar-refractivity contribution in [2.24, 2.45) is 5.73 Å². The Kier molecular flexibility index (Phi) is 3.75. The van der Waals surface area contributed by atoms with E-state index in [-0.39, 0.29) is 0 Å². The molecule has 0 aliphatic rings. The number of ether oxygens (including phenoxy) is 1. The van der Waals surface area contributed by atoms with Crippen LogP contribution in [0.5, 0.6) is 5.75 Å². The zero-order valence-corrected chi connectivity index (χ0v) is 10.3. The van der Waals surface area contributed by atoms with Crippen LogP contribution in [-0.4, -0.2) is 13.7 Å². The molecule has 0 spiro atoms. The van der Waals surface area contributed by atoms with Gasteiger partial charge in [-0.1, -0.05) is 13.0 Å². The van der Waals surface area contributed by atoms with Crippen molar-refractivity contribution in [2.45, 2.75) is 33.6 Å². The molecule has 0 fully saturated rings. The predicted molar refractivity (Wildman–Crippen MR) is 64.7 cm³/mol. The third-order valence-corrected chi connectivity index (χ3v) is 3.15. The van der Waals surface area contributed by atoms with Gasteiger partial charge in [-0.25, -0.2) is 0 Å². The van der Waals surface area contributed by atoms with E-state index < -0.39 is 0 Å². The van der Waals surface area contributed by atoms with Gasteiger partial charge in [0.1, 0.15) is 5.75 Å². The van der Waals surface area contributed by atoms with Crippen molar-refractivity contribution in [1.82, 2.24) is 0 Å². The van der Waals surface area contributed by atoms with E-state index in [4.69, 9.17) is 10.5 Å². The largest absolute Gasteiger partial charge is 0.496 e. The molecule has 84 valence electrons. The van der Waals surface area contributed by atoms with Gasteiger partial charge in [0.05, 0.1) is 7.11 Å². The van der Waals surface area contributed by atoms with Crippen molar-refractivity contribution >= 4 is 0 Å². The van der Waals surface area contributed by atoms with Crippen LogP contribution in [0.25, 0.3) is 0 Å². The molecule has 1 atom stereocenters. The Morgan fingerprint density at radius 1 is 1.27 bits per heavy atom. The first-order valence-corrected chi connectivity index (χ1v) is 5.37. The van der Waals surface area contributed by atoms with E-state index in [0.717, 1.165) is 5.75 Å². The standard InChI is InChI=1S/C13H21NO/c1-8-6-12(9(2)7-14)10(3)11(4)13(8)15-5/h6,9H,7,14H2,1-5H3. The summed E-state index contributed by atoms with van der Waals surface area (Å²) in [5.74, 6) is 1.41. The number of hydrogen-bond donors (Lipinski definition) is 1. The highest BCUT2D eigenvalue weighted by molar-refractivity contribution is 5.50. The van der Waals surface area contributed by atoms with Crippen molar-refractivity contribution in [3.05, 3.63) is 28.3 Å². The van der Waals surface area contributed by atoms with E-state index in [2.05, 4.69) is 33.8 Å². The molecule has 1 aromatic rings. The van der Waals surface area contributed by atoms with Crippen LogP contribution in [0.4, 0.5) is 0 Å². The van der Waals surface area contributed by atoms with Crippen LogP contribution in [0.3, 0.4) is 0 Å². The lowest BCUT2D eigenvalue weighted by Crippen LogP contribution is -2.11. The molecule has 1 rings (SSSR count). The highest BCUT2D eigenvalue weighted by Crippen LogP contribution is 2.31. The Morgan fingerprint density at radius 3 is 2.33 bits per heavy atom. The first kappa shape index (κ1) is 12.1. The number of benzene rings is 1. The lowest BCUT2D eigenvalue weighted by molar-refractivity contribution is 0.407. The van der Waals surface area contributed by atoms with Gasteiger partial charge in [0.15, 0.2) is 0 Å². The molecule has 0 amide bonds. The highest BCUT2D eigenvalue weighted by atomic mass is 16.5. The van der Waals surface area contributed by atoms with Crippen LogP contribution in [-0.2, 0) is 0 Å². The van der Waals surface area contributed by atoms with Gasteiger partial charge >= 0.3 is 0 Å². The van der Waals surface area contributed by atoms with Gasteiger partial charge in [-0.05, 0) is 55.5 Å². The van der Waals surface area contributed by atoms with Crippen LogP contribution in [0, 0.1) is 20.8 Å². The first-order valence-electron chi connectivity index (χ1n) is 5.37. The summed E-state index contributed by atoms with van der Waals surface area (Å²) in [7, 11) is 1.72. The fourth-order valence-corrected chi connectivity index (χ4v) is 2.04. The van der Waals surface area contributed by atoms with Crippen LogP contribution < -0.4 is 10.5 Å². The lowest BCUT2D eigenvalue weighted by atomic mass is 9.91. The summed E-state index contributed by atoms with van der Waals surface area (Å²) in [5, 5.41) is 0. The molecule has 15 heavy (non-hydrogen) atoms. The van der Waals surface area contributed by atoms with Crippen molar-refractivity contribution < 1.29 is 4.74 Å². The van der Waals surface area contributed by atoms with Gasteiger partial charge in [-0.2, -0.15) is 0 Å². The fraction of sp³-hybridized carbons (Fsp3) is 0.538. The zero-order valence-electron chi connectivity index (χ0n) is 10.3. The summed E-state index contributed by atoms with van der Waals surface area (Å²) < 4.78 is 5.39. The number of hydrogen-bond acceptors (Lipinski definition) is 2. The normalized spacial score (nSPS) is 12.7. The monoisotopic (exact) mass is 207 g/mol. The molecule has 1 unspecified atom stereocenters. The Labute approximate surface area is 92.4 Å². The highest BCUT2D eigenvalue weighted by Gasteiger charge is 2.13. The van der Waals surface area contributed by atoms with Gasteiger partial charge in [-0.3, -0.25) is 0 Å². The summed E-state index contributed by atoms with van der Waals surface area (Å²) in [5.41, 5.74) is 10.8. The molecule has 0 saturated heterocycles.